The highest BCUT2D eigenvalue weighted by Gasteiger charge is 1.89. The highest BCUT2D eigenvalue weighted by atomic mass is 15.3. The number of anilines is 1. The van der Waals surface area contributed by atoms with E-state index in [1.165, 1.54) is 0 Å². The first-order valence-corrected chi connectivity index (χ1v) is 4.04. The summed E-state index contributed by atoms with van der Waals surface area (Å²) < 4.78 is 0. The first kappa shape index (κ1) is 9.27. The second kappa shape index (κ2) is 4.94. The molecule has 3 heteroatoms. The molecule has 0 heterocycles. The van der Waals surface area contributed by atoms with E-state index in [-0.39, 0.29) is 0 Å². The lowest BCUT2D eigenvalue weighted by atomic mass is 10.3. The summed E-state index contributed by atoms with van der Waals surface area (Å²) in [5, 5.41) is 12.4. The van der Waals surface area contributed by atoms with Crippen LogP contribution >= 0.6 is 0 Å². The second-order valence-electron chi connectivity index (χ2n) is 2.66. The Bertz CT molecular complexity index is 322. The van der Waals surface area contributed by atoms with Crippen molar-refractivity contribution >= 4 is 11.4 Å². The SMILES string of the molecule is C/C(CC#N)=N\Nc1ccccc1. The van der Waals surface area contributed by atoms with E-state index in [0.29, 0.717) is 6.42 Å². The van der Waals surface area contributed by atoms with E-state index in [4.69, 9.17) is 5.26 Å². The predicted octanol–water partition coefficient (Wildman–Crippen LogP) is 2.39. The van der Waals surface area contributed by atoms with Crippen molar-refractivity contribution in [2.45, 2.75) is 13.3 Å². The number of hydrogen-bond donors (Lipinski definition) is 1. The molecule has 0 aromatic heterocycles. The van der Waals surface area contributed by atoms with E-state index in [2.05, 4.69) is 10.5 Å². The van der Waals surface area contributed by atoms with Crippen LogP contribution in [0, 0.1) is 11.3 Å². The third kappa shape index (κ3) is 3.39. The van der Waals surface area contributed by atoms with Gasteiger partial charge in [0.2, 0.25) is 0 Å². The van der Waals surface area contributed by atoms with E-state index in [0.717, 1.165) is 11.4 Å². The Balaban J connectivity index is 2.53. The molecule has 0 radical (unpaired) electrons. The lowest BCUT2D eigenvalue weighted by Gasteiger charge is -1.99. The molecule has 0 fully saturated rings. The largest absolute Gasteiger partial charge is 0.279 e. The van der Waals surface area contributed by atoms with Crippen LogP contribution in [0.25, 0.3) is 0 Å². The van der Waals surface area contributed by atoms with Gasteiger partial charge in [0.05, 0.1) is 18.2 Å². The molecule has 0 aliphatic rings. The van der Waals surface area contributed by atoms with E-state index in [9.17, 15) is 0 Å². The number of nitrogens with one attached hydrogen (secondary N) is 1. The summed E-state index contributed by atoms with van der Waals surface area (Å²) in [7, 11) is 0. The number of hydrogen-bond acceptors (Lipinski definition) is 3. The maximum atomic E-state index is 8.38. The normalized spacial score (nSPS) is 10.6. The van der Waals surface area contributed by atoms with Crippen molar-refractivity contribution in [1.82, 2.24) is 0 Å². The Hall–Kier alpha value is -1.82. The smallest absolute Gasteiger partial charge is 0.0750 e. The lowest BCUT2D eigenvalue weighted by Crippen LogP contribution is -1.95. The quantitative estimate of drug-likeness (QED) is 0.563. The van der Waals surface area contributed by atoms with Crippen molar-refractivity contribution in [2.75, 3.05) is 5.43 Å². The summed E-state index contributed by atoms with van der Waals surface area (Å²) in [6, 6.07) is 11.7. The molecule has 0 aliphatic heterocycles. The molecule has 1 aromatic rings. The zero-order valence-corrected chi connectivity index (χ0v) is 7.49. The van der Waals surface area contributed by atoms with E-state index in [1.807, 2.05) is 43.3 Å². The lowest BCUT2D eigenvalue weighted by molar-refractivity contribution is 1.27. The van der Waals surface area contributed by atoms with Crippen molar-refractivity contribution in [3.63, 3.8) is 0 Å². The maximum absolute atomic E-state index is 8.38. The van der Waals surface area contributed by atoms with Crippen LogP contribution in [-0.4, -0.2) is 5.71 Å². The van der Waals surface area contributed by atoms with Crippen molar-refractivity contribution in [3.8, 4) is 6.07 Å². The molecule has 0 atom stereocenters. The van der Waals surface area contributed by atoms with E-state index in [1.54, 1.807) is 0 Å². The van der Waals surface area contributed by atoms with E-state index >= 15 is 0 Å². The Kier molecular flexibility index (Phi) is 3.52. The fourth-order valence-corrected chi connectivity index (χ4v) is 0.827. The summed E-state index contributed by atoms with van der Waals surface area (Å²) in [6.45, 7) is 1.82. The van der Waals surface area contributed by atoms with Crippen molar-refractivity contribution in [3.05, 3.63) is 30.3 Å². The average Bonchev–Trinajstić information content (AvgIpc) is 2.17. The van der Waals surface area contributed by atoms with Crippen LogP contribution in [0.3, 0.4) is 0 Å². The van der Waals surface area contributed by atoms with Gasteiger partial charge in [0, 0.05) is 5.71 Å². The van der Waals surface area contributed by atoms with Gasteiger partial charge < -0.3 is 0 Å². The zero-order chi connectivity index (χ0) is 9.52. The van der Waals surface area contributed by atoms with Gasteiger partial charge in [-0.3, -0.25) is 5.43 Å². The first-order valence-electron chi connectivity index (χ1n) is 4.04. The predicted molar refractivity (Wildman–Crippen MR) is 53.4 cm³/mol. The molecule has 1 rings (SSSR count). The van der Waals surface area contributed by atoms with Gasteiger partial charge >= 0.3 is 0 Å². The molecule has 13 heavy (non-hydrogen) atoms. The molecule has 0 amide bonds. The summed E-state index contributed by atoms with van der Waals surface area (Å²) in [5.41, 5.74) is 4.58. The average molecular weight is 173 g/mol. The van der Waals surface area contributed by atoms with Crippen molar-refractivity contribution in [2.24, 2.45) is 5.10 Å². The van der Waals surface area contributed by atoms with Gasteiger partial charge in [-0.15, -0.1) is 0 Å². The van der Waals surface area contributed by atoms with Gasteiger partial charge in [0.15, 0.2) is 0 Å². The number of benzene rings is 1. The number of nitriles is 1. The number of para-hydroxylation sites is 1. The molecule has 0 saturated carbocycles. The number of nitrogens with zero attached hydrogens (tertiary/aromatic N) is 2. The molecular weight excluding hydrogens is 162 g/mol. The number of hydrazone groups is 1. The molecular formula is C10H11N3. The highest BCUT2D eigenvalue weighted by molar-refractivity contribution is 5.84. The van der Waals surface area contributed by atoms with Crippen LogP contribution in [0.15, 0.2) is 35.4 Å². The fourth-order valence-electron chi connectivity index (χ4n) is 0.827. The van der Waals surface area contributed by atoms with Crippen LogP contribution in [0.5, 0.6) is 0 Å². The molecule has 3 nitrogen and oxygen atoms in total. The highest BCUT2D eigenvalue weighted by Crippen LogP contribution is 2.04. The Labute approximate surface area is 77.7 Å². The van der Waals surface area contributed by atoms with Gasteiger partial charge in [-0.2, -0.15) is 10.4 Å². The molecule has 1 N–H and O–H groups in total. The molecule has 0 spiro atoms. The van der Waals surface area contributed by atoms with Crippen LogP contribution in [-0.2, 0) is 0 Å². The molecule has 0 unspecified atom stereocenters. The number of rotatable bonds is 3. The third-order valence-electron chi connectivity index (χ3n) is 1.48. The van der Waals surface area contributed by atoms with Gasteiger partial charge in [-0.25, -0.2) is 0 Å². The third-order valence-corrected chi connectivity index (χ3v) is 1.48. The van der Waals surface area contributed by atoms with Crippen molar-refractivity contribution in [1.29, 1.82) is 5.26 Å². The van der Waals surface area contributed by atoms with Crippen molar-refractivity contribution < 1.29 is 0 Å². The van der Waals surface area contributed by atoms with Crippen LogP contribution < -0.4 is 5.43 Å². The molecule has 66 valence electrons. The summed E-state index contributed by atoms with van der Waals surface area (Å²) in [5.74, 6) is 0. The maximum Gasteiger partial charge on any atom is 0.0750 e. The summed E-state index contributed by atoms with van der Waals surface area (Å²) in [4.78, 5) is 0. The minimum atomic E-state index is 0.361. The van der Waals surface area contributed by atoms with Gasteiger partial charge in [0.1, 0.15) is 0 Å². The standard InChI is InChI=1S/C10H11N3/c1-9(7-8-11)12-13-10-5-3-2-4-6-10/h2-6,13H,7H2,1H3/b12-9+. The van der Waals surface area contributed by atoms with Crippen LogP contribution in [0.4, 0.5) is 5.69 Å². The molecule has 0 aliphatic carbocycles. The molecule has 0 saturated heterocycles. The Morgan fingerprint density at radius 2 is 2.15 bits per heavy atom. The van der Waals surface area contributed by atoms with Gasteiger partial charge in [-0.1, -0.05) is 18.2 Å². The van der Waals surface area contributed by atoms with Crippen LogP contribution in [0.1, 0.15) is 13.3 Å². The topological polar surface area (TPSA) is 48.2 Å². The minimum Gasteiger partial charge on any atom is -0.279 e. The Morgan fingerprint density at radius 1 is 1.46 bits per heavy atom. The van der Waals surface area contributed by atoms with Crippen LogP contribution in [0.2, 0.25) is 0 Å². The first-order chi connectivity index (χ1) is 6.33. The molecule has 0 bridgehead atoms. The monoisotopic (exact) mass is 173 g/mol. The molecule has 1 aromatic carbocycles. The van der Waals surface area contributed by atoms with Gasteiger partial charge in [-0.05, 0) is 19.1 Å². The summed E-state index contributed by atoms with van der Waals surface area (Å²) >= 11 is 0. The van der Waals surface area contributed by atoms with E-state index < -0.39 is 0 Å². The van der Waals surface area contributed by atoms with Gasteiger partial charge in [0.25, 0.3) is 0 Å². The summed E-state index contributed by atoms with van der Waals surface area (Å²) in [6.07, 6.45) is 0.361. The minimum absolute atomic E-state index is 0.361. The zero-order valence-electron chi connectivity index (χ0n) is 7.49. The fraction of sp³-hybridized carbons (Fsp3) is 0.200. The Morgan fingerprint density at radius 3 is 2.77 bits per heavy atom. The second-order valence-corrected chi connectivity index (χ2v) is 2.66.